The Labute approximate surface area is 150 Å². The molecule has 0 N–H and O–H groups in total. The van der Waals surface area contributed by atoms with Gasteiger partial charge in [0.2, 0.25) is 0 Å². The van der Waals surface area contributed by atoms with Gasteiger partial charge < -0.3 is 9.64 Å². The zero-order chi connectivity index (χ0) is 18.7. The second kappa shape index (κ2) is 7.35. The van der Waals surface area contributed by atoms with E-state index in [1.54, 1.807) is 4.90 Å². The molecule has 0 saturated carbocycles. The number of hydrogen-bond donors (Lipinski definition) is 0. The van der Waals surface area contributed by atoms with E-state index < -0.39 is 17.0 Å². The Balaban J connectivity index is 1.65. The van der Waals surface area contributed by atoms with Gasteiger partial charge in [0.05, 0.1) is 10.5 Å². The lowest BCUT2D eigenvalue weighted by atomic mass is 9.99. The van der Waals surface area contributed by atoms with Gasteiger partial charge in [-0.2, -0.15) is 0 Å². The van der Waals surface area contributed by atoms with Crippen molar-refractivity contribution in [3.05, 3.63) is 75.3 Å². The molecule has 1 atom stereocenters. The van der Waals surface area contributed by atoms with Gasteiger partial charge in [-0.15, -0.1) is 0 Å². The first-order valence-electron chi connectivity index (χ1n) is 8.26. The molecule has 2 aromatic rings. The summed E-state index contributed by atoms with van der Waals surface area (Å²) >= 11 is 0. The highest BCUT2D eigenvalue weighted by molar-refractivity contribution is 5.92. The maximum atomic E-state index is 12.6. The number of nitrogens with zero attached hydrogens (tertiary/aromatic N) is 2. The van der Waals surface area contributed by atoms with Gasteiger partial charge in [0.1, 0.15) is 0 Å². The molecule has 0 aliphatic carbocycles. The molecule has 0 saturated heterocycles. The minimum Gasteiger partial charge on any atom is -0.449 e. The minimum absolute atomic E-state index is 0.0443. The second-order valence-electron chi connectivity index (χ2n) is 6.13. The summed E-state index contributed by atoms with van der Waals surface area (Å²) in [6, 6.07) is 13.2. The molecular weight excluding hydrogens is 336 g/mol. The zero-order valence-corrected chi connectivity index (χ0v) is 14.3. The first kappa shape index (κ1) is 17.6. The Hall–Kier alpha value is -3.22. The van der Waals surface area contributed by atoms with Gasteiger partial charge in [-0.3, -0.25) is 14.9 Å². The van der Waals surface area contributed by atoms with E-state index in [4.69, 9.17) is 4.74 Å². The van der Waals surface area contributed by atoms with Crippen molar-refractivity contribution in [1.29, 1.82) is 0 Å². The van der Waals surface area contributed by atoms with Crippen molar-refractivity contribution in [2.75, 3.05) is 6.54 Å². The van der Waals surface area contributed by atoms with Gasteiger partial charge in [0.25, 0.3) is 11.6 Å². The van der Waals surface area contributed by atoms with Gasteiger partial charge >= 0.3 is 5.97 Å². The summed E-state index contributed by atoms with van der Waals surface area (Å²) < 4.78 is 5.22. The number of carbonyl (C=O) groups is 2. The van der Waals surface area contributed by atoms with Gasteiger partial charge in [-0.25, -0.2) is 4.79 Å². The smallest absolute Gasteiger partial charge is 0.339 e. The molecule has 2 aromatic carbocycles. The maximum absolute atomic E-state index is 12.6. The fourth-order valence-corrected chi connectivity index (χ4v) is 2.97. The third-order valence-corrected chi connectivity index (χ3v) is 4.37. The van der Waals surface area contributed by atoms with Crippen LogP contribution in [0.15, 0.2) is 48.5 Å². The van der Waals surface area contributed by atoms with Crippen molar-refractivity contribution in [2.24, 2.45) is 0 Å². The third-order valence-electron chi connectivity index (χ3n) is 4.37. The number of carbonyl (C=O) groups excluding carboxylic acids is 2. The zero-order valence-electron chi connectivity index (χ0n) is 14.3. The van der Waals surface area contributed by atoms with Crippen LogP contribution in [0.25, 0.3) is 0 Å². The number of nitro benzene ring substituents is 1. The van der Waals surface area contributed by atoms with E-state index in [9.17, 15) is 19.7 Å². The Bertz CT molecular complexity index is 865. The number of benzene rings is 2. The van der Waals surface area contributed by atoms with Gasteiger partial charge in [-0.05, 0) is 30.5 Å². The number of rotatable bonds is 4. The van der Waals surface area contributed by atoms with E-state index in [0.717, 1.165) is 18.1 Å². The molecule has 0 bridgehead atoms. The fraction of sp³-hybridized carbons (Fsp3) is 0.263. The largest absolute Gasteiger partial charge is 0.449 e. The molecule has 7 nitrogen and oxygen atoms in total. The van der Waals surface area contributed by atoms with Crippen LogP contribution in [0.4, 0.5) is 5.69 Å². The van der Waals surface area contributed by atoms with Crippen LogP contribution in [0.1, 0.15) is 28.4 Å². The summed E-state index contributed by atoms with van der Waals surface area (Å²) in [6.45, 7) is 2.56. The molecule has 7 heteroatoms. The average Bonchev–Trinajstić information content (AvgIpc) is 2.67. The Morgan fingerprint density at radius 2 is 1.88 bits per heavy atom. The van der Waals surface area contributed by atoms with Crippen LogP contribution in [0.5, 0.6) is 0 Å². The number of non-ortho nitro benzene ring substituents is 1. The Morgan fingerprint density at radius 3 is 2.62 bits per heavy atom. The summed E-state index contributed by atoms with van der Waals surface area (Å²) in [7, 11) is 0. The summed E-state index contributed by atoms with van der Waals surface area (Å²) in [5.74, 6) is -1.04. The predicted octanol–water partition coefficient (Wildman–Crippen LogP) is 2.73. The number of nitro groups is 1. The average molecular weight is 354 g/mol. The van der Waals surface area contributed by atoms with Crippen LogP contribution in [-0.4, -0.2) is 34.3 Å². The Kier molecular flexibility index (Phi) is 4.97. The molecule has 0 spiro atoms. The van der Waals surface area contributed by atoms with E-state index in [1.165, 1.54) is 30.7 Å². The topological polar surface area (TPSA) is 89.7 Å². The highest BCUT2D eigenvalue weighted by Gasteiger charge is 2.27. The molecule has 0 unspecified atom stereocenters. The molecule has 1 aliphatic rings. The van der Waals surface area contributed by atoms with Crippen LogP contribution in [0, 0.1) is 10.1 Å². The van der Waals surface area contributed by atoms with E-state index in [0.29, 0.717) is 13.1 Å². The van der Waals surface area contributed by atoms with E-state index in [2.05, 4.69) is 0 Å². The van der Waals surface area contributed by atoms with Gasteiger partial charge in [-0.1, -0.05) is 30.3 Å². The lowest BCUT2D eigenvalue weighted by Gasteiger charge is -2.30. The highest BCUT2D eigenvalue weighted by Crippen LogP contribution is 2.20. The molecule has 134 valence electrons. The van der Waals surface area contributed by atoms with Crippen molar-refractivity contribution in [3.63, 3.8) is 0 Å². The first-order chi connectivity index (χ1) is 12.5. The van der Waals surface area contributed by atoms with Crippen LogP contribution in [0.2, 0.25) is 0 Å². The quantitative estimate of drug-likeness (QED) is 0.478. The number of hydrogen-bond acceptors (Lipinski definition) is 5. The molecule has 1 aliphatic heterocycles. The molecule has 1 amide bonds. The van der Waals surface area contributed by atoms with Crippen molar-refractivity contribution in [3.8, 4) is 0 Å². The summed E-state index contributed by atoms with van der Waals surface area (Å²) in [5.41, 5.74) is 2.15. The normalized spacial score (nSPS) is 14.3. The van der Waals surface area contributed by atoms with Gasteiger partial charge in [0.15, 0.2) is 6.10 Å². The van der Waals surface area contributed by atoms with Crippen molar-refractivity contribution in [2.45, 2.75) is 26.0 Å². The standard InChI is InChI=1S/C19H18N2O5/c1-13(26-19(23)15-7-4-8-17(11-15)21(24)25)18(22)20-10-9-14-5-2-3-6-16(14)12-20/h2-8,11,13H,9-10,12H2,1H3/t13-/m1/s1. The Morgan fingerprint density at radius 1 is 1.15 bits per heavy atom. The molecule has 0 radical (unpaired) electrons. The number of fused-ring (bicyclic) bond motifs is 1. The summed E-state index contributed by atoms with van der Waals surface area (Å²) in [5, 5.41) is 10.8. The predicted molar refractivity (Wildman–Crippen MR) is 93.5 cm³/mol. The van der Waals surface area contributed by atoms with Crippen LogP contribution >= 0.6 is 0 Å². The molecule has 3 rings (SSSR count). The lowest BCUT2D eigenvalue weighted by Crippen LogP contribution is -2.42. The van der Waals surface area contributed by atoms with Gasteiger partial charge in [0, 0.05) is 25.2 Å². The number of amides is 1. The first-order valence-corrected chi connectivity index (χ1v) is 8.26. The van der Waals surface area contributed by atoms with E-state index in [-0.39, 0.29) is 17.2 Å². The molecule has 0 aromatic heterocycles. The number of esters is 1. The monoisotopic (exact) mass is 354 g/mol. The summed E-state index contributed by atoms with van der Waals surface area (Å²) in [4.78, 5) is 36.7. The van der Waals surface area contributed by atoms with Crippen LogP contribution < -0.4 is 0 Å². The molecule has 0 fully saturated rings. The maximum Gasteiger partial charge on any atom is 0.339 e. The third kappa shape index (κ3) is 3.72. The number of ether oxygens (including phenoxy) is 1. The molecule has 26 heavy (non-hydrogen) atoms. The van der Waals surface area contributed by atoms with E-state index >= 15 is 0 Å². The van der Waals surface area contributed by atoms with Crippen LogP contribution in [-0.2, 0) is 22.5 Å². The second-order valence-corrected chi connectivity index (χ2v) is 6.13. The molecular formula is C19H18N2O5. The van der Waals surface area contributed by atoms with E-state index in [1.807, 2.05) is 24.3 Å². The van der Waals surface area contributed by atoms with Crippen molar-refractivity contribution in [1.82, 2.24) is 4.90 Å². The van der Waals surface area contributed by atoms with Crippen LogP contribution in [0.3, 0.4) is 0 Å². The highest BCUT2D eigenvalue weighted by atomic mass is 16.6. The minimum atomic E-state index is -0.966. The van der Waals surface area contributed by atoms with Crippen molar-refractivity contribution < 1.29 is 19.2 Å². The summed E-state index contributed by atoms with van der Waals surface area (Å²) in [6.07, 6.45) is -0.208. The SMILES string of the molecule is C[C@@H](OC(=O)c1cccc([N+](=O)[O-])c1)C(=O)N1CCc2ccccc2C1. The lowest BCUT2D eigenvalue weighted by molar-refractivity contribution is -0.384. The van der Waals surface area contributed by atoms with Crippen molar-refractivity contribution >= 4 is 17.6 Å². The molecule has 1 heterocycles. The fourth-order valence-electron chi connectivity index (χ4n) is 2.97.